The smallest absolute Gasteiger partial charge is 0.253 e. The number of nitrogens with zero attached hydrogens (tertiary/aromatic N) is 2. The van der Waals surface area contributed by atoms with Crippen molar-refractivity contribution < 1.29 is 9.53 Å². The molecule has 1 aliphatic heterocycles. The van der Waals surface area contributed by atoms with Crippen LogP contribution in [-0.4, -0.2) is 41.6 Å². The Kier molecular flexibility index (Phi) is 5.88. The average Bonchev–Trinajstić information content (AvgIpc) is 2.71. The molecule has 150 valence electrons. The van der Waals surface area contributed by atoms with Gasteiger partial charge in [0.1, 0.15) is 0 Å². The summed E-state index contributed by atoms with van der Waals surface area (Å²) in [5.41, 5.74) is 4.78. The SMILES string of the molecule is Cc1cc(C(=O)NCc2cccc(CN3CCOC(C)C3)c2)c2ncccc2c1. The molecule has 1 amide bonds. The van der Waals surface area contributed by atoms with E-state index < -0.39 is 0 Å². The van der Waals surface area contributed by atoms with E-state index in [2.05, 4.69) is 52.5 Å². The van der Waals surface area contributed by atoms with Crippen LogP contribution in [0.15, 0.2) is 54.7 Å². The first kappa shape index (κ1) is 19.6. The molecule has 0 radical (unpaired) electrons. The van der Waals surface area contributed by atoms with E-state index in [4.69, 9.17) is 4.74 Å². The van der Waals surface area contributed by atoms with Crippen molar-refractivity contribution in [3.63, 3.8) is 0 Å². The molecule has 0 aliphatic carbocycles. The van der Waals surface area contributed by atoms with E-state index in [9.17, 15) is 4.79 Å². The summed E-state index contributed by atoms with van der Waals surface area (Å²) in [6.45, 7) is 8.21. The molecule has 29 heavy (non-hydrogen) atoms. The summed E-state index contributed by atoms with van der Waals surface area (Å²) in [5, 5.41) is 4.05. The van der Waals surface area contributed by atoms with Crippen molar-refractivity contribution in [2.75, 3.05) is 19.7 Å². The van der Waals surface area contributed by atoms with E-state index in [0.29, 0.717) is 12.1 Å². The monoisotopic (exact) mass is 389 g/mol. The molecule has 1 aliphatic rings. The Morgan fingerprint density at radius 2 is 2.07 bits per heavy atom. The van der Waals surface area contributed by atoms with Gasteiger partial charge in [0.2, 0.25) is 0 Å². The van der Waals surface area contributed by atoms with Crippen molar-refractivity contribution in [2.24, 2.45) is 0 Å². The van der Waals surface area contributed by atoms with E-state index >= 15 is 0 Å². The number of benzene rings is 2. The number of amides is 1. The van der Waals surface area contributed by atoms with Crippen molar-refractivity contribution in [3.8, 4) is 0 Å². The van der Waals surface area contributed by atoms with Gasteiger partial charge in [-0.15, -0.1) is 0 Å². The molecule has 4 rings (SSSR count). The van der Waals surface area contributed by atoms with E-state index in [1.54, 1.807) is 6.20 Å². The highest BCUT2D eigenvalue weighted by molar-refractivity contribution is 6.05. The van der Waals surface area contributed by atoms with Gasteiger partial charge in [-0.1, -0.05) is 30.3 Å². The van der Waals surface area contributed by atoms with Gasteiger partial charge in [0.15, 0.2) is 0 Å². The minimum Gasteiger partial charge on any atom is -0.376 e. The zero-order valence-electron chi connectivity index (χ0n) is 17.0. The van der Waals surface area contributed by atoms with Crippen molar-refractivity contribution in [1.82, 2.24) is 15.2 Å². The Morgan fingerprint density at radius 1 is 1.21 bits per heavy atom. The molecule has 2 aromatic carbocycles. The third kappa shape index (κ3) is 4.81. The van der Waals surface area contributed by atoms with Gasteiger partial charge in [-0.3, -0.25) is 14.7 Å². The second kappa shape index (κ2) is 8.72. The predicted molar refractivity (Wildman–Crippen MR) is 115 cm³/mol. The van der Waals surface area contributed by atoms with Crippen LogP contribution in [0.4, 0.5) is 0 Å². The molecule has 5 nitrogen and oxygen atoms in total. The van der Waals surface area contributed by atoms with Crippen molar-refractivity contribution in [2.45, 2.75) is 33.0 Å². The molecule has 2 heterocycles. The highest BCUT2D eigenvalue weighted by atomic mass is 16.5. The van der Waals surface area contributed by atoms with Gasteiger partial charge in [-0.25, -0.2) is 0 Å². The number of aromatic nitrogens is 1. The van der Waals surface area contributed by atoms with E-state index in [1.807, 2.05) is 25.1 Å². The van der Waals surface area contributed by atoms with E-state index in [0.717, 1.165) is 48.3 Å². The van der Waals surface area contributed by atoms with Crippen LogP contribution in [0.3, 0.4) is 0 Å². The molecule has 1 saturated heterocycles. The molecular weight excluding hydrogens is 362 g/mol. The topological polar surface area (TPSA) is 54.5 Å². The Balaban J connectivity index is 1.44. The summed E-state index contributed by atoms with van der Waals surface area (Å²) in [6, 6.07) is 16.3. The maximum Gasteiger partial charge on any atom is 0.253 e. The maximum atomic E-state index is 12.8. The van der Waals surface area contributed by atoms with Crippen molar-refractivity contribution >= 4 is 16.8 Å². The van der Waals surface area contributed by atoms with Gasteiger partial charge in [-0.2, -0.15) is 0 Å². The fourth-order valence-corrected chi connectivity index (χ4v) is 3.92. The molecule has 1 fully saturated rings. The van der Waals surface area contributed by atoms with Crippen LogP contribution in [0, 0.1) is 6.92 Å². The number of hydrogen-bond donors (Lipinski definition) is 1. The van der Waals surface area contributed by atoms with Crippen LogP contribution >= 0.6 is 0 Å². The lowest BCUT2D eigenvalue weighted by Crippen LogP contribution is -2.40. The Hall–Kier alpha value is -2.76. The summed E-state index contributed by atoms with van der Waals surface area (Å²) in [4.78, 5) is 19.7. The molecular formula is C24H27N3O2. The number of fused-ring (bicyclic) bond motifs is 1. The Bertz CT molecular complexity index is 1020. The highest BCUT2D eigenvalue weighted by Crippen LogP contribution is 2.19. The van der Waals surface area contributed by atoms with E-state index in [1.165, 1.54) is 5.56 Å². The normalized spacial score (nSPS) is 17.4. The van der Waals surface area contributed by atoms with Gasteiger partial charge in [-0.05, 0) is 48.7 Å². The zero-order valence-corrected chi connectivity index (χ0v) is 17.0. The molecule has 1 unspecified atom stereocenters. The zero-order chi connectivity index (χ0) is 20.2. The highest BCUT2D eigenvalue weighted by Gasteiger charge is 2.17. The summed E-state index contributed by atoms with van der Waals surface area (Å²) >= 11 is 0. The van der Waals surface area contributed by atoms with Crippen molar-refractivity contribution in [1.29, 1.82) is 0 Å². The minimum atomic E-state index is -0.0928. The quantitative estimate of drug-likeness (QED) is 0.723. The van der Waals surface area contributed by atoms with Crippen LogP contribution in [-0.2, 0) is 17.8 Å². The Labute approximate surface area is 171 Å². The lowest BCUT2D eigenvalue weighted by molar-refractivity contribution is -0.0212. The minimum absolute atomic E-state index is 0.0928. The number of ether oxygens (including phenoxy) is 1. The predicted octanol–water partition coefficient (Wildman–Crippen LogP) is 3.69. The van der Waals surface area contributed by atoms with Gasteiger partial charge in [0.25, 0.3) is 5.91 Å². The first-order chi connectivity index (χ1) is 14.1. The molecule has 1 atom stereocenters. The summed E-state index contributed by atoms with van der Waals surface area (Å²) < 4.78 is 5.62. The van der Waals surface area contributed by atoms with Crippen LogP contribution in [0.25, 0.3) is 10.9 Å². The summed E-state index contributed by atoms with van der Waals surface area (Å²) in [7, 11) is 0. The first-order valence-electron chi connectivity index (χ1n) is 10.1. The summed E-state index contributed by atoms with van der Waals surface area (Å²) in [6.07, 6.45) is 2.01. The third-order valence-electron chi connectivity index (χ3n) is 5.27. The third-order valence-corrected chi connectivity index (χ3v) is 5.27. The number of pyridine rings is 1. The maximum absolute atomic E-state index is 12.8. The molecule has 0 saturated carbocycles. The molecule has 1 aromatic heterocycles. The lowest BCUT2D eigenvalue weighted by atomic mass is 10.0. The van der Waals surface area contributed by atoms with Crippen LogP contribution in [0.5, 0.6) is 0 Å². The Morgan fingerprint density at radius 3 is 2.93 bits per heavy atom. The molecule has 0 spiro atoms. The van der Waals surface area contributed by atoms with Crippen LogP contribution in [0.1, 0.15) is 34.0 Å². The lowest BCUT2D eigenvalue weighted by Gasteiger charge is -2.31. The number of carbonyl (C=O) groups excluding carboxylic acids is 1. The van der Waals surface area contributed by atoms with Crippen LogP contribution < -0.4 is 5.32 Å². The number of morpholine rings is 1. The second-order valence-electron chi connectivity index (χ2n) is 7.81. The number of aryl methyl sites for hydroxylation is 1. The molecule has 3 aromatic rings. The van der Waals surface area contributed by atoms with Gasteiger partial charge >= 0.3 is 0 Å². The molecule has 5 heteroatoms. The fourth-order valence-electron chi connectivity index (χ4n) is 3.92. The number of hydrogen-bond acceptors (Lipinski definition) is 4. The second-order valence-corrected chi connectivity index (χ2v) is 7.81. The average molecular weight is 389 g/mol. The summed E-state index contributed by atoms with van der Waals surface area (Å²) in [5.74, 6) is -0.0928. The van der Waals surface area contributed by atoms with Gasteiger partial charge in [0, 0.05) is 37.8 Å². The van der Waals surface area contributed by atoms with Gasteiger partial charge in [0.05, 0.1) is 23.8 Å². The van der Waals surface area contributed by atoms with Crippen molar-refractivity contribution in [3.05, 3.63) is 77.0 Å². The number of rotatable bonds is 5. The standard InChI is InChI=1S/C24H27N3O2/c1-17-11-21-7-4-8-25-23(21)22(12-17)24(28)26-14-19-5-3-6-20(13-19)16-27-9-10-29-18(2)15-27/h3-8,11-13,18H,9-10,14-16H2,1-2H3,(H,26,28). The molecule has 1 N–H and O–H groups in total. The fraction of sp³-hybridized carbons (Fsp3) is 0.333. The van der Waals surface area contributed by atoms with Gasteiger partial charge < -0.3 is 10.1 Å². The number of carbonyl (C=O) groups is 1. The largest absolute Gasteiger partial charge is 0.376 e. The van der Waals surface area contributed by atoms with E-state index in [-0.39, 0.29) is 12.0 Å². The molecule has 0 bridgehead atoms. The first-order valence-corrected chi connectivity index (χ1v) is 10.1. The van der Waals surface area contributed by atoms with Crippen LogP contribution in [0.2, 0.25) is 0 Å². The number of nitrogens with one attached hydrogen (secondary N) is 1.